The lowest BCUT2D eigenvalue weighted by Crippen LogP contribution is -2.31. The van der Waals surface area contributed by atoms with Gasteiger partial charge in [0.25, 0.3) is 0 Å². The largest absolute Gasteiger partial charge is 0.465 e. The number of methoxy groups -OCH3 is 1. The molecule has 0 bridgehead atoms. The molecule has 5 nitrogen and oxygen atoms in total. The van der Waals surface area contributed by atoms with E-state index in [1.807, 2.05) is 37.3 Å². The van der Waals surface area contributed by atoms with E-state index < -0.39 is 5.97 Å². The molecule has 2 aromatic rings. The quantitative estimate of drug-likeness (QED) is 0.759. The van der Waals surface area contributed by atoms with Crippen molar-refractivity contribution in [3.8, 4) is 0 Å². The average molecular weight is 361 g/mol. The topological polar surface area (TPSA) is 58.6 Å². The Morgan fingerprint density at radius 1 is 1.16 bits per heavy atom. The third kappa shape index (κ3) is 4.97. The molecule has 2 rings (SSSR count). The Bertz CT molecular complexity index is 735. The van der Waals surface area contributed by atoms with E-state index in [0.717, 1.165) is 5.69 Å². The number of esters is 1. The molecular weight excluding hydrogens is 340 g/mol. The molecule has 0 saturated carbocycles. The predicted molar refractivity (Wildman–Crippen MR) is 100 cm³/mol. The van der Waals surface area contributed by atoms with Crippen molar-refractivity contribution in [2.24, 2.45) is 0 Å². The van der Waals surface area contributed by atoms with Gasteiger partial charge in [-0.25, -0.2) is 4.79 Å². The summed E-state index contributed by atoms with van der Waals surface area (Å²) in [4.78, 5) is 25.8. The van der Waals surface area contributed by atoms with Crippen molar-refractivity contribution >= 4 is 34.9 Å². The Morgan fingerprint density at radius 3 is 2.52 bits per heavy atom. The van der Waals surface area contributed by atoms with Crippen LogP contribution in [0.3, 0.4) is 0 Å². The van der Waals surface area contributed by atoms with Crippen LogP contribution in [0.5, 0.6) is 0 Å². The summed E-state index contributed by atoms with van der Waals surface area (Å²) in [6, 6.07) is 14.4. The molecule has 0 aliphatic heterocycles. The van der Waals surface area contributed by atoms with E-state index in [1.165, 1.54) is 7.11 Å². The van der Waals surface area contributed by atoms with Crippen LogP contribution in [-0.4, -0.2) is 32.1 Å². The lowest BCUT2D eigenvalue weighted by Gasteiger charge is -2.21. The van der Waals surface area contributed by atoms with Crippen molar-refractivity contribution in [1.82, 2.24) is 0 Å². The molecule has 6 heteroatoms. The third-order valence-corrected chi connectivity index (χ3v) is 4.06. The Morgan fingerprint density at radius 2 is 1.88 bits per heavy atom. The molecule has 0 unspecified atom stereocenters. The van der Waals surface area contributed by atoms with Gasteiger partial charge in [-0.15, -0.1) is 0 Å². The Hall–Kier alpha value is -2.53. The number of hydrogen-bond donors (Lipinski definition) is 1. The SMILES string of the molecule is CCN(C(=O)CCNc1cc(C(=O)OC)ccc1Cl)c1ccccc1. The van der Waals surface area contributed by atoms with E-state index in [0.29, 0.717) is 35.8 Å². The van der Waals surface area contributed by atoms with E-state index in [-0.39, 0.29) is 5.91 Å². The van der Waals surface area contributed by atoms with Gasteiger partial charge in [0.1, 0.15) is 0 Å². The van der Waals surface area contributed by atoms with Crippen LogP contribution in [-0.2, 0) is 9.53 Å². The van der Waals surface area contributed by atoms with Gasteiger partial charge in [-0.1, -0.05) is 29.8 Å². The van der Waals surface area contributed by atoms with Gasteiger partial charge in [0.05, 0.1) is 23.4 Å². The highest BCUT2D eigenvalue weighted by Crippen LogP contribution is 2.23. The molecule has 0 aromatic heterocycles. The van der Waals surface area contributed by atoms with Gasteiger partial charge in [0, 0.05) is 25.2 Å². The van der Waals surface area contributed by atoms with E-state index in [1.54, 1.807) is 23.1 Å². The Labute approximate surface area is 152 Å². The number of nitrogens with one attached hydrogen (secondary N) is 1. The number of halogens is 1. The maximum Gasteiger partial charge on any atom is 0.337 e. The smallest absolute Gasteiger partial charge is 0.337 e. The zero-order chi connectivity index (χ0) is 18.2. The normalized spacial score (nSPS) is 10.2. The van der Waals surface area contributed by atoms with Crippen LogP contribution in [0.2, 0.25) is 5.02 Å². The van der Waals surface area contributed by atoms with Crippen molar-refractivity contribution in [3.63, 3.8) is 0 Å². The summed E-state index contributed by atoms with van der Waals surface area (Å²) < 4.78 is 4.70. The summed E-state index contributed by atoms with van der Waals surface area (Å²) >= 11 is 6.14. The van der Waals surface area contributed by atoms with Crippen LogP contribution >= 0.6 is 11.6 Å². The van der Waals surface area contributed by atoms with Crippen LogP contribution in [0.25, 0.3) is 0 Å². The molecule has 0 heterocycles. The first kappa shape index (κ1) is 18.8. The molecule has 0 atom stereocenters. The van der Waals surface area contributed by atoms with Crippen LogP contribution in [0, 0.1) is 0 Å². The fourth-order valence-electron chi connectivity index (χ4n) is 2.46. The molecule has 0 radical (unpaired) electrons. The Balaban J connectivity index is 1.98. The van der Waals surface area contributed by atoms with Crippen LogP contribution < -0.4 is 10.2 Å². The number of amides is 1. The highest BCUT2D eigenvalue weighted by molar-refractivity contribution is 6.33. The molecule has 132 valence electrons. The standard InChI is InChI=1S/C19H21ClN2O3/c1-3-22(15-7-5-4-6-8-15)18(23)11-12-21-17-13-14(19(24)25-2)9-10-16(17)20/h4-10,13,21H,3,11-12H2,1-2H3. The molecule has 0 fully saturated rings. The zero-order valence-corrected chi connectivity index (χ0v) is 15.0. The average Bonchev–Trinajstić information content (AvgIpc) is 2.64. The predicted octanol–water partition coefficient (Wildman–Crippen LogP) is 3.98. The summed E-state index contributed by atoms with van der Waals surface area (Å²) in [5, 5.41) is 3.59. The molecule has 0 saturated heterocycles. The van der Waals surface area contributed by atoms with Gasteiger partial charge in [0.15, 0.2) is 0 Å². The second-order valence-corrected chi connectivity index (χ2v) is 5.74. The van der Waals surface area contributed by atoms with Gasteiger partial charge in [-0.3, -0.25) is 4.79 Å². The highest BCUT2D eigenvalue weighted by Gasteiger charge is 2.14. The second-order valence-electron chi connectivity index (χ2n) is 5.34. The number of para-hydroxylation sites is 1. The van der Waals surface area contributed by atoms with Gasteiger partial charge >= 0.3 is 5.97 Å². The van der Waals surface area contributed by atoms with Crippen LogP contribution in [0.1, 0.15) is 23.7 Å². The van der Waals surface area contributed by atoms with Gasteiger partial charge < -0.3 is 15.0 Å². The maximum atomic E-state index is 12.5. The number of rotatable bonds is 7. The maximum absolute atomic E-state index is 12.5. The molecule has 25 heavy (non-hydrogen) atoms. The summed E-state index contributed by atoms with van der Waals surface area (Å²) in [6.45, 7) is 2.95. The third-order valence-electron chi connectivity index (χ3n) is 3.73. The van der Waals surface area contributed by atoms with E-state index in [2.05, 4.69) is 5.32 Å². The van der Waals surface area contributed by atoms with Crippen LogP contribution in [0.15, 0.2) is 48.5 Å². The van der Waals surface area contributed by atoms with Crippen molar-refractivity contribution in [3.05, 3.63) is 59.1 Å². The summed E-state index contributed by atoms with van der Waals surface area (Å²) in [5.74, 6) is -0.418. The first-order valence-corrected chi connectivity index (χ1v) is 8.41. The minimum absolute atomic E-state index is 0.0152. The van der Waals surface area contributed by atoms with Gasteiger partial charge in [0.2, 0.25) is 5.91 Å². The molecular formula is C19H21ClN2O3. The first-order valence-electron chi connectivity index (χ1n) is 8.04. The fraction of sp³-hybridized carbons (Fsp3) is 0.263. The lowest BCUT2D eigenvalue weighted by molar-refractivity contribution is -0.118. The number of benzene rings is 2. The monoisotopic (exact) mass is 360 g/mol. The summed E-state index contributed by atoms with van der Waals surface area (Å²) in [5.41, 5.74) is 1.88. The number of anilines is 2. The minimum Gasteiger partial charge on any atom is -0.465 e. The van der Waals surface area contributed by atoms with Crippen molar-refractivity contribution in [2.75, 3.05) is 30.4 Å². The van der Waals surface area contributed by atoms with Crippen LogP contribution in [0.4, 0.5) is 11.4 Å². The molecule has 1 amide bonds. The van der Waals surface area contributed by atoms with E-state index in [4.69, 9.17) is 16.3 Å². The molecule has 1 N–H and O–H groups in total. The van der Waals surface area contributed by atoms with Crippen molar-refractivity contribution < 1.29 is 14.3 Å². The van der Waals surface area contributed by atoms with Crippen molar-refractivity contribution in [2.45, 2.75) is 13.3 Å². The first-order chi connectivity index (χ1) is 12.1. The number of carbonyl (C=O) groups excluding carboxylic acids is 2. The summed E-state index contributed by atoms with van der Waals surface area (Å²) in [6.07, 6.45) is 0.307. The van der Waals surface area contributed by atoms with Gasteiger partial charge in [-0.05, 0) is 37.3 Å². The molecule has 0 aliphatic rings. The zero-order valence-electron chi connectivity index (χ0n) is 14.3. The van der Waals surface area contributed by atoms with Gasteiger partial charge in [-0.2, -0.15) is 0 Å². The number of hydrogen-bond acceptors (Lipinski definition) is 4. The van der Waals surface area contributed by atoms with Crippen molar-refractivity contribution in [1.29, 1.82) is 0 Å². The fourth-order valence-corrected chi connectivity index (χ4v) is 2.64. The number of nitrogens with zero attached hydrogens (tertiary/aromatic N) is 1. The molecule has 0 spiro atoms. The second kappa shape index (κ2) is 9.08. The summed E-state index contributed by atoms with van der Waals surface area (Å²) in [7, 11) is 1.33. The number of carbonyl (C=O) groups is 2. The minimum atomic E-state index is -0.433. The highest BCUT2D eigenvalue weighted by atomic mass is 35.5. The van der Waals surface area contributed by atoms with E-state index in [9.17, 15) is 9.59 Å². The molecule has 0 aliphatic carbocycles. The van der Waals surface area contributed by atoms with E-state index >= 15 is 0 Å². The molecule has 2 aromatic carbocycles. The lowest BCUT2D eigenvalue weighted by atomic mass is 10.2. The number of ether oxygens (including phenoxy) is 1. The Kier molecular flexibility index (Phi) is 6.83.